The SMILES string of the molecule is [CH3][Hg][CH2][C@H]1CC[C@]2(C)[C@H]3CC[C@]4(C)[C@@H]([C@H](C)CCCC(C)C)CC[C@H]4[C@@H]3C[C@]12[C@@H](C)O. The van der Waals surface area contributed by atoms with Crippen LogP contribution in [0.4, 0.5) is 0 Å². The minimum absolute atomic E-state index is 0.103. The first-order chi connectivity index (χ1) is 14.6. The predicted molar refractivity (Wildman–Crippen MR) is 129 cm³/mol. The van der Waals surface area contributed by atoms with Gasteiger partial charge in [0.1, 0.15) is 0 Å². The Morgan fingerprint density at radius 3 is 2.32 bits per heavy atom. The van der Waals surface area contributed by atoms with Crippen molar-refractivity contribution in [1.82, 2.24) is 0 Å². The molecule has 176 valence electrons. The Bertz CT molecular complexity index is 630. The second-order valence-electron chi connectivity index (χ2n) is 13.8. The molecule has 0 bridgehead atoms. The van der Waals surface area contributed by atoms with Crippen molar-refractivity contribution in [1.29, 1.82) is 0 Å². The monoisotopic (exact) mass is 618 g/mol. The van der Waals surface area contributed by atoms with Crippen molar-refractivity contribution in [3.63, 3.8) is 0 Å². The van der Waals surface area contributed by atoms with E-state index in [1.807, 2.05) is 0 Å². The Morgan fingerprint density at radius 2 is 1.68 bits per heavy atom. The molecule has 0 aromatic heterocycles. The second-order valence-corrected chi connectivity index (χ2v) is 19.9. The molecule has 0 radical (unpaired) electrons. The molecule has 31 heavy (non-hydrogen) atoms. The van der Waals surface area contributed by atoms with Crippen LogP contribution in [-0.2, 0) is 24.6 Å². The van der Waals surface area contributed by atoms with Crippen LogP contribution in [-0.4, -0.2) is 11.2 Å². The molecule has 0 unspecified atom stereocenters. The van der Waals surface area contributed by atoms with E-state index in [0.29, 0.717) is 10.8 Å². The van der Waals surface area contributed by atoms with Gasteiger partial charge in [-0.05, 0) is 5.92 Å². The van der Waals surface area contributed by atoms with Gasteiger partial charge >= 0.3 is 188 Å². The van der Waals surface area contributed by atoms with Crippen molar-refractivity contribution in [2.75, 3.05) is 0 Å². The zero-order chi connectivity index (χ0) is 22.6. The molecule has 4 saturated carbocycles. The Morgan fingerprint density at radius 1 is 0.935 bits per heavy atom. The number of fused-ring (bicyclic) bond motifs is 5. The molecule has 0 aromatic carbocycles. The maximum atomic E-state index is 11.3. The Balaban J connectivity index is 1.56. The number of hydrogen-bond donors (Lipinski definition) is 1. The zero-order valence-corrected chi connectivity index (χ0v) is 27.5. The number of hydrogen-bond acceptors (Lipinski definition) is 1. The van der Waals surface area contributed by atoms with Gasteiger partial charge in [-0.15, -0.1) is 0 Å². The fraction of sp³-hybridized carbons (Fsp3) is 1.00. The summed E-state index contributed by atoms with van der Waals surface area (Å²) in [5.41, 5.74) is 1.25. The predicted octanol–water partition coefficient (Wildman–Crippen LogP) is 8.24. The molecule has 4 rings (SSSR count). The maximum absolute atomic E-state index is 11.3. The van der Waals surface area contributed by atoms with E-state index in [1.54, 1.807) is 3.93 Å². The van der Waals surface area contributed by atoms with Gasteiger partial charge in [0.15, 0.2) is 0 Å². The van der Waals surface area contributed by atoms with Crippen molar-refractivity contribution in [2.24, 2.45) is 57.7 Å². The molecular weight excluding hydrogens is 565 g/mol. The molecule has 0 saturated heterocycles. The van der Waals surface area contributed by atoms with E-state index >= 15 is 0 Å². The minimum atomic E-state index is -0.688. The molecule has 2 heteroatoms. The van der Waals surface area contributed by atoms with Crippen molar-refractivity contribution < 1.29 is 29.7 Å². The van der Waals surface area contributed by atoms with E-state index in [0.717, 1.165) is 41.4 Å². The van der Waals surface area contributed by atoms with Gasteiger partial charge in [0.05, 0.1) is 0 Å². The molecule has 0 aromatic rings. The third-order valence-corrected chi connectivity index (χ3v) is 17.2. The molecule has 0 amide bonds. The first kappa shape index (κ1) is 25.0. The molecule has 4 aliphatic rings. The van der Waals surface area contributed by atoms with Crippen LogP contribution in [0.25, 0.3) is 0 Å². The number of aliphatic hydroxyl groups is 1. The number of aliphatic hydroxyl groups excluding tert-OH is 1. The molecular formula is C29H52HgO. The summed E-state index contributed by atoms with van der Waals surface area (Å²) in [5, 5.41) is 11.3. The topological polar surface area (TPSA) is 20.2 Å². The number of rotatable bonds is 8. The van der Waals surface area contributed by atoms with E-state index in [9.17, 15) is 5.11 Å². The summed E-state index contributed by atoms with van der Waals surface area (Å²) in [6.45, 7) is 14.9. The van der Waals surface area contributed by atoms with Gasteiger partial charge in [0, 0.05) is 0 Å². The van der Waals surface area contributed by atoms with Crippen molar-refractivity contribution in [3.8, 4) is 0 Å². The van der Waals surface area contributed by atoms with Crippen molar-refractivity contribution in [3.05, 3.63) is 0 Å². The molecule has 0 aliphatic heterocycles. The van der Waals surface area contributed by atoms with Gasteiger partial charge in [-0.2, -0.15) is 0 Å². The summed E-state index contributed by atoms with van der Waals surface area (Å²) < 4.78 is 4.13. The first-order valence-corrected chi connectivity index (χ1v) is 23.7. The Kier molecular flexibility index (Phi) is 7.39. The molecule has 10 atom stereocenters. The van der Waals surface area contributed by atoms with E-state index in [-0.39, 0.29) is 11.5 Å². The van der Waals surface area contributed by atoms with Gasteiger partial charge in [-0.1, -0.05) is 13.8 Å². The average Bonchev–Trinajstić information content (AvgIpc) is 3.27. The van der Waals surface area contributed by atoms with Gasteiger partial charge in [0.2, 0.25) is 0 Å². The quantitative estimate of drug-likeness (QED) is 0.272. The van der Waals surface area contributed by atoms with Crippen LogP contribution in [0.5, 0.6) is 0 Å². The normalized spacial score (nSPS) is 48.2. The van der Waals surface area contributed by atoms with Gasteiger partial charge in [-0.3, -0.25) is 0 Å². The van der Waals surface area contributed by atoms with Crippen molar-refractivity contribution >= 4 is 0 Å². The van der Waals surface area contributed by atoms with E-state index in [2.05, 4.69) is 46.0 Å². The summed E-state index contributed by atoms with van der Waals surface area (Å²) in [4.78, 5) is 0. The first-order valence-electron chi connectivity index (χ1n) is 14.3. The fourth-order valence-corrected chi connectivity index (χ4v) is 16.7. The summed E-state index contributed by atoms with van der Waals surface area (Å²) in [5.74, 6) is 6.29. The van der Waals surface area contributed by atoms with E-state index in [4.69, 9.17) is 0 Å². The Labute approximate surface area is 206 Å². The summed E-state index contributed by atoms with van der Waals surface area (Å²) >= 11 is -0.688. The summed E-state index contributed by atoms with van der Waals surface area (Å²) in [6, 6.07) is 0. The van der Waals surface area contributed by atoms with Crippen LogP contribution in [0.15, 0.2) is 0 Å². The molecule has 0 spiro atoms. The average molecular weight is 617 g/mol. The molecule has 4 fully saturated rings. The van der Waals surface area contributed by atoms with Gasteiger partial charge < -0.3 is 0 Å². The molecule has 0 heterocycles. The van der Waals surface area contributed by atoms with E-state index < -0.39 is 24.6 Å². The molecule has 4 aliphatic carbocycles. The standard InChI is InChI=1S/C28H49O.CH3.Hg/c1-18(2)9-8-10-19(3)23-11-12-24-22-17-28(21(5)29)20(4)13-16-27(28,7)25(22)14-15-26(23,24)6;;/h18-25,29H,4,8-17H2,1-3,5-7H3;1H3;/t19-,20+,21-,22+,23-,24+,25+,26-,27-,28-;;/m1../s1. The third kappa shape index (κ3) is 3.75. The van der Waals surface area contributed by atoms with Gasteiger partial charge in [-0.25, -0.2) is 0 Å². The second kappa shape index (κ2) is 9.16. The third-order valence-electron chi connectivity index (χ3n) is 12.2. The molecule has 1 N–H and O–H groups in total. The van der Waals surface area contributed by atoms with Gasteiger partial charge in [0.25, 0.3) is 0 Å². The van der Waals surface area contributed by atoms with Crippen molar-refractivity contribution in [2.45, 2.75) is 120 Å². The summed E-state index contributed by atoms with van der Waals surface area (Å²) in [7, 11) is 0. The Hall–Kier alpha value is 0.895. The van der Waals surface area contributed by atoms with Crippen LogP contribution >= 0.6 is 0 Å². The van der Waals surface area contributed by atoms with Crippen LogP contribution in [0, 0.1) is 57.7 Å². The van der Waals surface area contributed by atoms with Crippen LogP contribution in [0.1, 0.15) is 106 Å². The fourth-order valence-electron chi connectivity index (χ4n) is 10.9. The van der Waals surface area contributed by atoms with Crippen LogP contribution in [0.2, 0.25) is 8.36 Å². The van der Waals surface area contributed by atoms with Crippen LogP contribution < -0.4 is 0 Å². The van der Waals surface area contributed by atoms with E-state index in [1.165, 1.54) is 64.2 Å². The zero-order valence-electron chi connectivity index (χ0n) is 22.1. The van der Waals surface area contributed by atoms with Crippen LogP contribution in [0.3, 0.4) is 0 Å². The molecule has 1 nitrogen and oxygen atoms in total. The summed E-state index contributed by atoms with van der Waals surface area (Å²) in [6.07, 6.45) is 14.3.